The number of aliphatic hydroxyl groups is 1. The largest absolute Gasteiger partial charge is 0.490 e. The van der Waals surface area contributed by atoms with Crippen LogP contribution in [0.4, 0.5) is 0 Å². The fourth-order valence-electron chi connectivity index (χ4n) is 1.88. The van der Waals surface area contributed by atoms with Crippen molar-refractivity contribution in [3.63, 3.8) is 0 Å². The van der Waals surface area contributed by atoms with Gasteiger partial charge in [-0.3, -0.25) is 0 Å². The fourth-order valence-corrected chi connectivity index (χ4v) is 2.49. The van der Waals surface area contributed by atoms with Crippen molar-refractivity contribution in [3.8, 4) is 11.5 Å². The van der Waals surface area contributed by atoms with Crippen LogP contribution in [0.1, 0.15) is 38.2 Å². The first-order valence-electron chi connectivity index (χ1n) is 7.11. The molecule has 0 radical (unpaired) electrons. The smallest absolute Gasteiger partial charge is 0.175 e. The summed E-state index contributed by atoms with van der Waals surface area (Å²) in [5, 5.41) is 8.72. The highest BCUT2D eigenvalue weighted by Crippen LogP contribution is 2.37. The van der Waals surface area contributed by atoms with Gasteiger partial charge in [0, 0.05) is 13.2 Å². The van der Waals surface area contributed by atoms with Crippen LogP contribution >= 0.6 is 15.9 Å². The topological polar surface area (TPSA) is 64.7 Å². The summed E-state index contributed by atoms with van der Waals surface area (Å²) in [5.41, 5.74) is 6.67. The van der Waals surface area contributed by atoms with E-state index in [-0.39, 0.29) is 6.61 Å². The predicted molar refractivity (Wildman–Crippen MR) is 84.3 cm³/mol. The van der Waals surface area contributed by atoms with Gasteiger partial charge in [-0.25, -0.2) is 0 Å². The molecule has 0 spiro atoms. The Hall–Kier alpha value is -0.780. The summed E-state index contributed by atoms with van der Waals surface area (Å²) in [7, 11) is 0. The Morgan fingerprint density at radius 1 is 1.15 bits per heavy atom. The molecule has 0 bridgehead atoms. The molecular formula is C15H24BrNO3. The van der Waals surface area contributed by atoms with Crippen LogP contribution in [-0.2, 0) is 6.54 Å². The van der Waals surface area contributed by atoms with Crippen LogP contribution in [0, 0.1) is 0 Å². The lowest BCUT2D eigenvalue weighted by molar-refractivity contribution is 0.260. The van der Waals surface area contributed by atoms with Gasteiger partial charge in [-0.15, -0.1) is 0 Å². The molecule has 0 atom stereocenters. The standard InChI is InChI=1S/C15H24BrNO3/c1-2-19-14-10-12(11-17)9-13(16)15(14)20-8-6-4-3-5-7-18/h9-10,18H,2-8,11,17H2,1H3. The van der Waals surface area contributed by atoms with Crippen LogP contribution in [-0.4, -0.2) is 24.9 Å². The molecule has 0 aliphatic carbocycles. The predicted octanol–water partition coefficient (Wildman–Crippen LogP) is 3.24. The fraction of sp³-hybridized carbons (Fsp3) is 0.600. The van der Waals surface area contributed by atoms with E-state index in [1.165, 1.54) is 0 Å². The molecular weight excluding hydrogens is 322 g/mol. The van der Waals surface area contributed by atoms with Crippen molar-refractivity contribution >= 4 is 15.9 Å². The number of hydrogen-bond acceptors (Lipinski definition) is 4. The van der Waals surface area contributed by atoms with E-state index in [0.717, 1.165) is 47.2 Å². The van der Waals surface area contributed by atoms with Crippen LogP contribution in [0.2, 0.25) is 0 Å². The number of hydrogen-bond donors (Lipinski definition) is 2. The maximum absolute atomic E-state index is 8.72. The van der Waals surface area contributed by atoms with E-state index < -0.39 is 0 Å². The molecule has 1 aromatic rings. The number of aliphatic hydroxyl groups excluding tert-OH is 1. The van der Waals surface area contributed by atoms with Gasteiger partial charge in [-0.1, -0.05) is 6.42 Å². The van der Waals surface area contributed by atoms with E-state index in [1.807, 2.05) is 19.1 Å². The second kappa shape index (κ2) is 10.0. The summed E-state index contributed by atoms with van der Waals surface area (Å²) >= 11 is 3.51. The van der Waals surface area contributed by atoms with Gasteiger partial charge in [0.05, 0.1) is 17.7 Å². The number of benzene rings is 1. The zero-order valence-electron chi connectivity index (χ0n) is 12.0. The van der Waals surface area contributed by atoms with Crippen LogP contribution in [0.15, 0.2) is 16.6 Å². The van der Waals surface area contributed by atoms with Crippen molar-refractivity contribution in [2.24, 2.45) is 5.73 Å². The number of halogens is 1. The quantitative estimate of drug-likeness (QED) is 0.639. The maximum atomic E-state index is 8.72. The highest BCUT2D eigenvalue weighted by molar-refractivity contribution is 9.10. The molecule has 0 aliphatic rings. The minimum Gasteiger partial charge on any atom is -0.490 e. The second-order valence-electron chi connectivity index (χ2n) is 4.53. The first-order chi connectivity index (χ1) is 9.72. The van der Waals surface area contributed by atoms with E-state index in [1.54, 1.807) is 0 Å². The molecule has 0 unspecified atom stereocenters. The third kappa shape index (κ3) is 5.69. The minimum atomic E-state index is 0.265. The molecule has 0 aromatic heterocycles. The Bertz CT molecular complexity index is 399. The van der Waals surface area contributed by atoms with E-state index in [4.69, 9.17) is 20.3 Å². The van der Waals surface area contributed by atoms with Crippen molar-refractivity contribution in [1.82, 2.24) is 0 Å². The van der Waals surface area contributed by atoms with Crippen LogP contribution in [0.25, 0.3) is 0 Å². The summed E-state index contributed by atoms with van der Waals surface area (Å²) in [5.74, 6) is 1.48. The lowest BCUT2D eigenvalue weighted by Crippen LogP contribution is -2.04. The molecule has 1 aromatic carbocycles. The Morgan fingerprint density at radius 2 is 1.90 bits per heavy atom. The molecule has 0 amide bonds. The first-order valence-corrected chi connectivity index (χ1v) is 7.91. The molecule has 114 valence electrons. The van der Waals surface area contributed by atoms with Gasteiger partial charge in [0.25, 0.3) is 0 Å². The normalized spacial score (nSPS) is 10.6. The lowest BCUT2D eigenvalue weighted by atomic mass is 10.2. The average Bonchev–Trinajstić information content (AvgIpc) is 2.44. The van der Waals surface area contributed by atoms with Crippen molar-refractivity contribution < 1.29 is 14.6 Å². The summed E-state index contributed by atoms with van der Waals surface area (Å²) < 4.78 is 12.3. The number of rotatable bonds is 10. The summed E-state index contributed by atoms with van der Waals surface area (Å²) in [6.45, 7) is 3.92. The second-order valence-corrected chi connectivity index (χ2v) is 5.38. The Morgan fingerprint density at radius 3 is 2.55 bits per heavy atom. The van der Waals surface area contributed by atoms with E-state index >= 15 is 0 Å². The summed E-state index contributed by atoms with van der Waals surface area (Å²) in [4.78, 5) is 0. The minimum absolute atomic E-state index is 0.265. The lowest BCUT2D eigenvalue weighted by Gasteiger charge is -2.15. The third-order valence-corrected chi connectivity index (χ3v) is 3.49. The van der Waals surface area contributed by atoms with E-state index in [0.29, 0.717) is 19.8 Å². The highest BCUT2D eigenvalue weighted by Gasteiger charge is 2.11. The van der Waals surface area contributed by atoms with Gasteiger partial charge >= 0.3 is 0 Å². The molecule has 3 N–H and O–H groups in total. The summed E-state index contributed by atoms with van der Waals surface area (Å²) in [6, 6.07) is 3.89. The van der Waals surface area contributed by atoms with Gasteiger partial charge in [0.1, 0.15) is 0 Å². The van der Waals surface area contributed by atoms with E-state index in [9.17, 15) is 0 Å². The van der Waals surface area contributed by atoms with Crippen LogP contribution in [0.5, 0.6) is 11.5 Å². The Labute approximate surface area is 129 Å². The number of ether oxygens (including phenoxy) is 2. The Balaban J connectivity index is 2.58. The van der Waals surface area contributed by atoms with Crippen molar-refractivity contribution in [2.75, 3.05) is 19.8 Å². The zero-order chi connectivity index (χ0) is 14.8. The molecule has 20 heavy (non-hydrogen) atoms. The van der Waals surface area contributed by atoms with Crippen molar-refractivity contribution in [3.05, 3.63) is 22.2 Å². The first kappa shape index (κ1) is 17.3. The van der Waals surface area contributed by atoms with Gasteiger partial charge in [-0.2, -0.15) is 0 Å². The molecule has 0 saturated heterocycles. The average molecular weight is 346 g/mol. The molecule has 4 nitrogen and oxygen atoms in total. The van der Waals surface area contributed by atoms with Crippen molar-refractivity contribution in [2.45, 2.75) is 39.2 Å². The van der Waals surface area contributed by atoms with E-state index in [2.05, 4.69) is 15.9 Å². The summed E-state index contributed by atoms with van der Waals surface area (Å²) in [6.07, 6.45) is 3.92. The molecule has 0 heterocycles. The van der Waals surface area contributed by atoms with Gasteiger partial charge < -0.3 is 20.3 Å². The zero-order valence-corrected chi connectivity index (χ0v) is 13.6. The third-order valence-electron chi connectivity index (χ3n) is 2.90. The molecule has 0 aliphatic heterocycles. The monoisotopic (exact) mass is 345 g/mol. The maximum Gasteiger partial charge on any atom is 0.175 e. The Kier molecular flexibility index (Phi) is 8.65. The highest BCUT2D eigenvalue weighted by atomic mass is 79.9. The van der Waals surface area contributed by atoms with Crippen LogP contribution in [0.3, 0.4) is 0 Å². The number of nitrogens with two attached hydrogens (primary N) is 1. The molecule has 1 rings (SSSR count). The molecule has 5 heteroatoms. The SMILES string of the molecule is CCOc1cc(CN)cc(Br)c1OCCCCCCO. The number of unbranched alkanes of at least 4 members (excludes halogenated alkanes) is 3. The molecule has 0 saturated carbocycles. The van der Waals surface area contributed by atoms with Gasteiger partial charge in [-0.05, 0) is 59.8 Å². The van der Waals surface area contributed by atoms with Crippen molar-refractivity contribution in [1.29, 1.82) is 0 Å². The van der Waals surface area contributed by atoms with Gasteiger partial charge in [0.15, 0.2) is 11.5 Å². The van der Waals surface area contributed by atoms with Gasteiger partial charge in [0.2, 0.25) is 0 Å². The molecule has 0 fully saturated rings. The van der Waals surface area contributed by atoms with Crippen LogP contribution < -0.4 is 15.2 Å².